The minimum Gasteiger partial charge on any atom is -0.281 e. The summed E-state index contributed by atoms with van der Waals surface area (Å²) in [6.45, 7) is 0. The van der Waals surface area contributed by atoms with Crippen LogP contribution in [0.25, 0.3) is 16.8 Å². The van der Waals surface area contributed by atoms with Crippen molar-refractivity contribution in [1.29, 1.82) is 0 Å². The van der Waals surface area contributed by atoms with E-state index in [1.807, 2.05) is 13.2 Å². The Morgan fingerprint density at radius 2 is 1.60 bits per heavy atom. The maximum Gasteiger partial charge on any atom is 0.248 e. The molecule has 1 aliphatic carbocycles. The molecule has 4 heteroatoms. The summed E-state index contributed by atoms with van der Waals surface area (Å²) < 4.78 is 4.20. The Balaban J connectivity index is 1.71. The second-order valence-electron chi connectivity index (χ2n) is 7.85. The molecule has 1 N–H and O–H groups in total. The number of benzene rings is 3. The Labute approximate surface area is 175 Å². The fourth-order valence-electron chi connectivity index (χ4n) is 4.96. The molecule has 5 aromatic rings. The summed E-state index contributed by atoms with van der Waals surface area (Å²) in [5, 5.41) is 7.64. The Kier molecular flexibility index (Phi) is 3.56. The van der Waals surface area contributed by atoms with Crippen molar-refractivity contribution in [2.24, 2.45) is 7.05 Å². The third kappa shape index (κ3) is 2.22. The first-order chi connectivity index (χ1) is 14.8. The van der Waals surface area contributed by atoms with Crippen molar-refractivity contribution in [3.8, 4) is 16.8 Å². The third-order valence-corrected chi connectivity index (χ3v) is 6.20. The third-order valence-electron chi connectivity index (χ3n) is 6.20. The largest absolute Gasteiger partial charge is 0.281 e. The summed E-state index contributed by atoms with van der Waals surface area (Å²) in [6, 6.07) is 28.4. The van der Waals surface area contributed by atoms with Crippen LogP contribution < -0.4 is 4.57 Å². The number of fused-ring (bicyclic) bond motifs is 3. The van der Waals surface area contributed by atoms with Crippen LogP contribution in [0.3, 0.4) is 0 Å². The van der Waals surface area contributed by atoms with Crippen molar-refractivity contribution >= 4 is 0 Å². The van der Waals surface area contributed by atoms with Crippen LogP contribution in [0.5, 0.6) is 0 Å². The summed E-state index contributed by atoms with van der Waals surface area (Å²) in [5.41, 5.74) is 8.12. The molecule has 3 aromatic carbocycles. The number of hydrogen-bond donors (Lipinski definition) is 1. The number of hydrogen-bond acceptors (Lipinski definition) is 1. The van der Waals surface area contributed by atoms with Crippen LogP contribution in [-0.2, 0) is 12.5 Å². The zero-order valence-corrected chi connectivity index (χ0v) is 16.7. The van der Waals surface area contributed by atoms with Crippen LogP contribution >= 0.6 is 0 Å². The molecule has 6 rings (SSSR count). The fraction of sp³-hybridized carbons (Fsp3) is 0.0769. The lowest BCUT2D eigenvalue weighted by Gasteiger charge is -2.32. The molecule has 0 aliphatic heterocycles. The van der Waals surface area contributed by atoms with Crippen LogP contribution in [0, 0.1) is 0 Å². The van der Waals surface area contributed by atoms with Crippen molar-refractivity contribution < 1.29 is 4.57 Å². The number of H-pyrrole nitrogens is 1. The summed E-state index contributed by atoms with van der Waals surface area (Å²) in [6.07, 6.45) is 8.06. The summed E-state index contributed by atoms with van der Waals surface area (Å²) in [7, 11) is 2.04. The first-order valence-corrected chi connectivity index (χ1v) is 10.1. The number of nitrogens with zero attached hydrogens (tertiary/aromatic N) is 3. The molecule has 0 spiro atoms. The topological polar surface area (TPSA) is 37.5 Å². The highest BCUT2D eigenvalue weighted by Crippen LogP contribution is 2.55. The van der Waals surface area contributed by atoms with Crippen molar-refractivity contribution in [1.82, 2.24) is 14.8 Å². The minimum atomic E-state index is -0.435. The normalized spacial score (nSPS) is 13.8. The zero-order chi connectivity index (χ0) is 20.1. The van der Waals surface area contributed by atoms with Gasteiger partial charge in [-0.1, -0.05) is 60.7 Å². The summed E-state index contributed by atoms with van der Waals surface area (Å²) in [5.74, 6) is 0. The molecule has 0 amide bonds. The van der Waals surface area contributed by atoms with Crippen molar-refractivity contribution in [2.75, 3.05) is 0 Å². The van der Waals surface area contributed by atoms with E-state index < -0.39 is 5.41 Å². The quantitative estimate of drug-likeness (QED) is 0.448. The van der Waals surface area contributed by atoms with Gasteiger partial charge in [0.2, 0.25) is 6.33 Å². The Morgan fingerprint density at radius 1 is 0.867 bits per heavy atom. The summed E-state index contributed by atoms with van der Waals surface area (Å²) in [4.78, 5) is 0. The molecule has 0 saturated heterocycles. The van der Waals surface area contributed by atoms with E-state index in [-0.39, 0.29) is 0 Å². The first-order valence-electron chi connectivity index (χ1n) is 10.1. The van der Waals surface area contributed by atoms with Gasteiger partial charge in [0.25, 0.3) is 0 Å². The maximum atomic E-state index is 4.33. The van der Waals surface area contributed by atoms with Crippen LogP contribution in [0.4, 0.5) is 0 Å². The highest BCUT2D eigenvalue weighted by atomic mass is 15.1. The SMILES string of the molecule is C[n+]1ccn(-c2cccc(C3(c4ccn[nH]4)c4ccccc4-c4ccccc43)c2)c1. The van der Waals surface area contributed by atoms with E-state index in [1.54, 1.807) is 0 Å². The smallest absolute Gasteiger partial charge is 0.248 e. The second-order valence-corrected chi connectivity index (χ2v) is 7.85. The van der Waals surface area contributed by atoms with Crippen LogP contribution in [0.2, 0.25) is 0 Å². The van der Waals surface area contributed by atoms with Crippen molar-refractivity contribution in [2.45, 2.75) is 5.41 Å². The van der Waals surface area contributed by atoms with Gasteiger partial charge in [0.05, 0.1) is 18.2 Å². The Bertz CT molecular complexity index is 1320. The molecular formula is C26H21N4+. The van der Waals surface area contributed by atoms with E-state index in [0.29, 0.717) is 0 Å². The fourth-order valence-corrected chi connectivity index (χ4v) is 4.96. The number of aromatic nitrogens is 4. The highest BCUT2D eigenvalue weighted by Gasteiger charge is 2.47. The van der Waals surface area contributed by atoms with Gasteiger partial charge in [0.1, 0.15) is 18.1 Å². The number of nitrogens with one attached hydrogen (secondary N) is 1. The van der Waals surface area contributed by atoms with Gasteiger partial charge in [-0.3, -0.25) is 5.10 Å². The van der Waals surface area contributed by atoms with Gasteiger partial charge in [-0.05, 0) is 46.0 Å². The predicted molar refractivity (Wildman–Crippen MR) is 116 cm³/mol. The van der Waals surface area contributed by atoms with Crippen LogP contribution in [0.15, 0.2) is 104 Å². The van der Waals surface area contributed by atoms with Gasteiger partial charge >= 0.3 is 0 Å². The molecular weight excluding hydrogens is 368 g/mol. The lowest BCUT2D eigenvalue weighted by molar-refractivity contribution is -0.670. The first kappa shape index (κ1) is 17.0. The number of rotatable bonds is 3. The molecule has 144 valence electrons. The van der Waals surface area contributed by atoms with E-state index in [2.05, 4.69) is 117 Å². The Hall–Kier alpha value is -3.92. The van der Waals surface area contributed by atoms with E-state index in [9.17, 15) is 0 Å². The van der Waals surface area contributed by atoms with E-state index >= 15 is 0 Å². The standard InChI is InChI=1S/C26H21N4/c1-29-15-16-30(18-29)20-8-6-7-19(17-20)26(25-13-14-27-28-25)23-11-4-2-9-21(23)22-10-3-5-12-24(22)26/h2-18H,1H3,(H,27,28)/q+1. The van der Waals surface area contributed by atoms with Crippen LogP contribution in [0.1, 0.15) is 22.4 Å². The van der Waals surface area contributed by atoms with E-state index in [0.717, 1.165) is 11.4 Å². The van der Waals surface area contributed by atoms with Crippen LogP contribution in [-0.4, -0.2) is 14.8 Å². The molecule has 1 aliphatic rings. The highest BCUT2D eigenvalue weighted by molar-refractivity contribution is 5.85. The average molecular weight is 389 g/mol. The maximum absolute atomic E-state index is 4.33. The van der Waals surface area contributed by atoms with Gasteiger partial charge in [-0.25, -0.2) is 9.13 Å². The minimum absolute atomic E-state index is 0.435. The molecule has 0 unspecified atom stereocenters. The van der Waals surface area contributed by atoms with E-state index in [1.165, 1.54) is 27.8 Å². The monoisotopic (exact) mass is 389 g/mol. The van der Waals surface area contributed by atoms with Gasteiger partial charge in [-0.2, -0.15) is 5.10 Å². The lowest BCUT2D eigenvalue weighted by atomic mass is 9.70. The molecule has 4 nitrogen and oxygen atoms in total. The second kappa shape index (κ2) is 6.29. The van der Waals surface area contributed by atoms with Gasteiger partial charge in [0, 0.05) is 6.20 Å². The molecule has 2 aromatic heterocycles. The number of imidazole rings is 1. The molecule has 0 saturated carbocycles. The molecule has 0 atom stereocenters. The van der Waals surface area contributed by atoms with E-state index in [4.69, 9.17) is 0 Å². The van der Waals surface area contributed by atoms with Crippen molar-refractivity contribution in [3.05, 3.63) is 126 Å². The molecule has 2 heterocycles. The predicted octanol–water partition coefficient (Wildman–Crippen LogP) is 4.39. The Morgan fingerprint density at radius 3 is 2.23 bits per heavy atom. The summed E-state index contributed by atoms with van der Waals surface area (Å²) >= 11 is 0. The van der Waals surface area contributed by atoms with Crippen molar-refractivity contribution in [3.63, 3.8) is 0 Å². The molecule has 0 radical (unpaired) electrons. The van der Waals surface area contributed by atoms with Gasteiger partial charge in [0.15, 0.2) is 0 Å². The molecule has 0 bridgehead atoms. The molecule has 0 fully saturated rings. The van der Waals surface area contributed by atoms with Gasteiger partial charge in [-0.15, -0.1) is 0 Å². The molecule has 30 heavy (non-hydrogen) atoms. The average Bonchev–Trinajstić information content (AvgIpc) is 3.52. The number of aromatic amines is 1. The van der Waals surface area contributed by atoms with Gasteiger partial charge < -0.3 is 0 Å². The lowest BCUT2D eigenvalue weighted by Crippen LogP contribution is -2.29. The zero-order valence-electron chi connectivity index (χ0n) is 16.7. The number of aryl methyl sites for hydroxylation is 1.